The van der Waals surface area contributed by atoms with E-state index in [-0.39, 0.29) is 10.6 Å². The zero-order valence-corrected chi connectivity index (χ0v) is 26.5. The summed E-state index contributed by atoms with van der Waals surface area (Å²) >= 11 is 0. The highest BCUT2D eigenvalue weighted by atomic mass is 19.4. The van der Waals surface area contributed by atoms with Gasteiger partial charge in [0.05, 0.1) is 0 Å². The average Bonchev–Trinajstić information content (AvgIpc) is 3.03. The molecule has 0 saturated carbocycles. The van der Waals surface area contributed by atoms with E-state index in [4.69, 9.17) is 0 Å². The van der Waals surface area contributed by atoms with Crippen LogP contribution in [0.15, 0.2) is 0 Å². The van der Waals surface area contributed by atoms with Crippen LogP contribution in [0.3, 0.4) is 0 Å². The van der Waals surface area contributed by atoms with Crippen molar-refractivity contribution in [3.05, 3.63) is 0 Å². The van der Waals surface area contributed by atoms with Gasteiger partial charge in [0.25, 0.3) is 11.8 Å². The van der Waals surface area contributed by atoms with Gasteiger partial charge in [-0.3, -0.25) is 9.59 Å². The molecule has 0 aliphatic carbocycles. The van der Waals surface area contributed by atoms with Gasteiger partial charge < -0.3 is 10.6 Å². The maximum atomic E-state index is 13.8. The highest BCUT2D eigenvalue weighted by Crippen LogP contribution is 2.66. The van der Waals surface area contributed by atoms with Gasteiger partial charge in [0, 0.05) is 13.1 Å². The van der Waals surface area contributed by atoms with Crippen LogP contribution in [0, 0.1) is 0 Å². The molecule has 0 unspecified atom stereocenters. The highest BCUT2D eigenvalue weighted by Gasteiger charge is 2.97. The number of nitrogens with one attached hydrogen (secondary N) is 2. The first kappa shape index (κ1) is 56.6. The zero-order valence-electron chi connectivity index (χ0n) is 26.5. The fraction of sp³-hybridized carbons (Fsp3) is 0.909. The molecule has 0 spiro atoms. The second-order valence-corrected chi connectivity index (χ2v) is 11.3. The summed E-state index contributed by atoms with van der Waals surface area (Å²) in [6, 6.07) is 0. The van der Waals surface area contributed by atoms with Gasteiger partial charge in [-0.25, -0.2) is 0 Å². The Morgan fingerprint density at radius 3 is 0.567 bits per heavy atom. The third kappa shape index (κ3) is 7.59. The van der Waals surface area contributed by atoms with E-state index < -0.39 is 133 Å². The Balaban J connectivity index is 6.09. The number of carbonyl (C=O) groups excluding carboxylic acids is 2. The van der Waals surface area contributed by atoms with Crippen LogP contribution in [-0.4, -0.2) is 120 Å². The first-order valence-electron chi connectivity index (χ1n) is 13.5. The quantitative estimate of drug-likeness (QED) is 0.100. The van der Waals surface area contributed by atoms with Crippen molar-refractivity contribution in [2.45, 2.75) is 108 Å². The molecule has 358 valence electrons. The van der Waals surface area contributed by atoms with Crippen LogP contribution >= 0.6 is 0 Å². The Morgan fingerprint density at radius 2 is 0.400 bits per heavy atom. The minimum Gasteiger partial charge on any atom is -0.351 e. The number of hydrogen-bond acceptors (Lipinski definition) is 2. The van der Waals surface area contributed by atoms with Gasteiger partial charge in [0.2, 0.25) is 0 Å². The largest absolute Gasteiger partial charge is 0.460 e. The second kappa shape index (κ2) is 15.1. The van der Waals surface area contributed by atoms with Crippen LogP contribution in [-0.2, 0) is 9.59 Å². The van der Waals surface area contributed by atoms with E-state index in [1.54, 1.807) is 0 Å². The van der Waals surface area contributed by atoms with E-state index in [9.17, 15) is 159 Å². The molecule has 4 nitrogen and oxygen atoms in total. The molecule has 38 heteroatoms. The lowest BCUT2D eigenvalue weighted by molar-refractivity contribution is -0.459. The van der Waals surface area contributed by atoms with Crippen molar-refractivity contribution < 1.29 is 159 Å². The topological polar surface area (TPSA) is 58.2 Å². The van der Waals surface area contributed by atoms with Crippen molar-refractivity contribution in [2.24, 2.45) is 0 Å². The molecule has 0 saturated heterocycles. The molecule has 2 N–H and O–H groups in total. The van der Waals surface area contributed by atoms with E-state index in [1.165, 1.54) is 0 Å². The summed E-state index contributed by atoms with van der Waals surface area (Å²) in [7, 11) is 0. The molecule has 0 atom stereocenters. The van der Waals surface area contributed by atoms with E-state index in [2.05, 4.69) is 0 Å². The lowest BCUT2D eigenvalue weighted by Crippen LogP contribution is -2.75. The number of halogens is 34. The SMILES string of the molecule is O=C(NCCCCNC(=O)C(F)(F)C(F)(F)C(F)(F)C(F)(F)C(F)(F)C(F)(F)C(F)(F)C(F)(F)F)C(F)(F)C(F)(F)C(F)(F)C(F)(F)C(F)(F)C(F)(F)C(F)(F)C(F)(F)F. The van der Waals surface area contributed by atoms with Crippen LogP contribution in [0.1, 0.15) is 12.8 Å². The minimum absolute atomic E-state index is 0.220. The Bertz CT molecular complexity index is 1440. The van der Waals surface area contributed by atoms with E-state index in [0.29, 0.717) is 0 Å². The molecule has 0 aliphatic heterocycles. The van der Waals surface area contributed by atoms with Gasteiger partial charge in [0.1, 0.15) is 0 Å². The van der Waals surface area contributed by atoms with Crippen molar-refractivity contribution in [1.29, 1.82) is 0 Å². The highest BCUT2D eigenvalue weighted by molar-refractivity contribution is 5.85. The van der Waals surface area contributed by atoms with Gasteiger partial charge in [-0.1, -0.05) is 0 Å². The molecule has 0 aliphatic rings. The number of carbonyl (C=O) groups is 2. The minimum atomic E-state index is -9.12. The van der Waals surface area contributed by atoms with Crippen molar-refractivity contribution in [3.8, 4) is 0 Å². The molecule has 0 rings (SSSR count). The lowest BCUT2D eigenvalue weighted by Gasteiger charge is -2.42. The monoisotopic (exact) mass is 980 g/mol. The van der Waals surface area contributed by atoms with E-state index in [0.717, 1.165) is 0 Å². The Hall–Kier alpha value is -3.44. The number of hydrogen-bond donors (Lipinski definition) is 2. The first-order valence-corrected chi connectivity index (χ1v) is 13.5. The van der Waals surface area contributed by atoms with Crippen molar-refractivity contribution >= 4 is 11.8 Å². The number of amides is 2. The van der Waals surface area contributed by atoms with Crippen molar-refractivity contribution in [2.75, 3.05) is 13.1 Å². The molecule has 0 aromatic rings. The third-order valence-electron chi connectivity index (χ3n) is 7.19. The van der Waals surface area contributed by atoms with Crippen molar-refractivity contribution in [3.63, 3.8) is 0 Å². The molecule has 0 fully saturated rings. The summed E-state index contributed by atoms with van der Waals surface area (Å²) < 4.78 is 451. The third-order valence-corrected chi connectivity index (χ3v) is 7.19. The van der Waals surface area contributed by atoms with Crippen LogP contribution in [0.25, 0.3) is 0 Å². The maximum absolute atomic E-state index is 13.8. The smallest absolute Gasteiger partial charge is 0.351 e. The summed E-state index contributed by atoms with van der Waals surface area (Å²) in [6.07, 6.45) is -19.3. The molecule has 0 bridgehead atoms. The summed E-state index contributed by atoms with van der Waals surface area (Å²) in [6.45, 7) is -4.01. The molecule has 2 amide bonds. The fourth-order valence-corrected chi connectivity index (χ4v) is 3.49. The van der Waals surface area contributed by atoms with Crippen LogP contribution in [0.4, 0.5) is 149 Å². The number of rotatable bonds is 19. The van der Waals surface area contributed by atoms with Crippen LogP contribution in [0.5, 0.6) is 0 Å². The zero-order chi connectivity index (χ0) is 49.4. The van der Waals surface area contributed by atoms with Gasteiger partial charge in [-0.2, -0.15) is 149 Å². The van der Waals surface area contributed by atoms with Crippen molar-refractivity contribution in [1.82, 2.24) is 10.6 Å². The van der Waals surface area contributed by atoms with E-state index in [1.807, 2.05) is 0 Å². The Labute approximate surface area is 303 Å². The summed E-state index contributed by atoms with van der Waals surface area (Å²) in [5.41, 5.74) is 0. The maximum Gasteiger partial charge on any atom is 0.460 e. The average molecular weight is 980 g/mol. The molecule has 0 aromatic heterocycles. The predicted octanol–water partition coefficient (Wildman–Crippen LogP) is 10.0. The molecule has 0 aromatic carbocycles. The molecule has 0 heterocycles. The Kier molecular flexibility index (Phi) is 14.3. The normalized spacial score (nSPS) is 16.2. The predicted molar refractivity (Wildman–Crippen MR) is 117 cm³/mol. The molecule has 60 heavy (non-hydrogen) atoms. The summed E-state index contributed by atoms with van der Waals surface area (Å²) in [5.74, 6) is -130. The summed E-state index contributed by atoms with van der Waals surface area (Å²) in [4.78, 5) is 22.6. The Morgan fingerprint density at radius 1 is 0.250 bits per heavy atom. The van der Waals surface area contributed by atoms with Gasteiger partial charge in [-0.05, 0) is 12.8 Å². The first-order chi connectivity index (χ1) is 25.5. The van der Waals surface area contributed by atoms with Gasteiger partial charge in [-0.15, -0.1) is 0 Å². The molecular weight excluding hydrogens is 970 g/mol. The fourth-order valence-electron chi connectivity index (χ4n) is 3.49. The van der Waals surface area contributed by atoms with E-state index >= 15 is 0 Å². The molecular formula is C22H10F34N2O2. The molecule has 0 radical (unpaired) electrons. The van der Waals surface area contributed by atoms with Crippen LogP contribution < -0.4 is 10.6 Å². The van der Waals surface area contributed by atoms with Gasteiger partial charge in [0.15, 0.2) is 0 Å². The van der Waals surface area contributed by atoms with Crippen LogP contribution in [0.2, 0.25) is 0 Å². The number of unbranched alkanes of at least 4 members (excludes halogenated alkanes) is 1. The van der Waals surface area contributed by atoms with Gasteiger partial charge >= 0.3 is 95.3 Å². The second-order valence-electron chi connectivity index (χ2n) is 11.3. The summed E-state index contributed by atoms with van der Waals surface area (Å²) in [5, 5.41) is 0.440. The number of alkyl halides is 34. The standard InChI is InChI=1S/C22H10F34N2O2/c23-7(24,9(27,28)11(31,32)13(35,36)15(39,40)17(43,44)19(47,48)21(51,52)53)5(59)57-3-1-2-4-58-6(60)8(25,26)10(29,30)12(33,34)14(37,38)16(41,42)18(45,46)20(49,50)22(54,55)56/h1-4H2,(H,57,59)(H,58,60). The lowest BCUT2D eigenvalue weighted by atomic mass is 9.88.